The third kappa shape index (κ3) is 6.02. The standard InChI is InChI=1S/C25H30O5/c1-18(2)14-15-21-22(28-16-19-10-6-4-7-11-19)23(24(27-3)25(26)30-21)29-17-20-12-8-5-9-13-20/h4-15,18,21-24H,16-17H2,1-3H3/b15-14-/t21-,22+,23-,24-/m1/s1. The van der Waals surface area contributed by atoms with Crippen LogP contribution in [0.1, 0.15) is 25.0 Å². The van der Waals surface area contributed by atoms with Gasteiger partial charge in [0.2, 0.25) is 0 Å². The number of carbonyl (C=O) groups excluding carboxylic acids is 1. The number of benzene rings is 2. The summed E-state index contributed by atoms with van der Waals surface area (Å²) >= 11 is 0. The fourth-order valence-corrected chi connectivity index (χ4v) is 3.38. The van der Waals surface area contributed by atoms with Crippen LogP contribution in [0.4, 0.5) is 0 Å². The van der Waals surface area contributed by atoms with Crippen LogP contribution in [0.2, 0.25) is 0 Å². The molecule has 1 aliphatic heterocycles. The van der Waals surface area contributed by atoms with Crippen molar-refractivity contribution in [1.82, 2.24) is 0 Å². The van der Waals surface area contributed by atoms with Crippen molar-refractivity contribution in [2.45, 2.75) is 51.5 Å². The minimum Gasteiger partial charge on any atom is -0.453 e. The number of ether oxygens (including phenoxy) is 4. The zero-order chi connectivity index (χ0) is 21.3. The summed E-state index contributed by atoms with van der Waals surface area (Å²) in [6, 6.07) is 19.7. The number of allylic oxidation sites excluding steroid dienone is 1. The summed E-state index contributed by atoms with van der Waals surface area (Å²) in [6.45, 7) is 4.88. The Morgan fingerprint density at radius 2 is 1.43 bits per heavy atom. The highest BCUT2D eigenvalue weighted by Crippen LogP contribution is 2.27. The first kappa shape index (κ1) is 22.2. The molecular formula is C25H30O5. The smallest absolute Gasteiger partial charge is 0.338 e. The normalized spacial score (nSPS) is 24.3. The van der Waals surface area contributed by atoms with Gasteiger partial charge in [-0.3, -0.25) is 0 Å². The molecule has 3 rings (SSSR count). The Hall–Kier alpha value is -2.47. The predicted octanol–water partition coefficient (Wildman–Crippen LogP) is 4.31. The van der Waals surface area contributed by atoms with Gasteiger partial charge >= 0.3 is 5.97 Å². The second-order valence-corrected chi connectivity index (χ2v) is 7.71. The van der Waals surface area contributed by atoms with E-state index in [0.717, 1.165) is 11.1 Å². The largest absolute Gasteiger partial charge is 0.453 e. The van der Waals surface area contributed by atoms with Gasteiger partial charge in [-0.1, -0.05) is 80.6 Å². The summed E-state index contributed by atoms with van der Waals surface area (Å²) in [4.78, 5) is 12.6. The van der Waals surface area contributed by atoms with Gasteiger partial charge in [0.15, 0.2) is 6.10 Å². The Morgan fingerprint density at radius 1 is 0.900 bits per heavy atom. The van der Waals surface area contributed by atoms with Crippen molar-refractivity contribution >= 4 is 5.97 Å². The maximum Gasteiger partial charge on any atom is 0.338 e. The van der Waals surface area contributed by atoms with Crippen LogP contribution in [-0.2, 0) is 37.0 Å². The van der Waals surface area contributed by atoms with Crippen LogP contribution >= 0.6 is 0 Å². The van der Waals surface area contributed by atoms with Gasteiger partial charge < -0.3 is 18.9 Å². The van der Waals surface area contributed by atoms with E-state index in [1.165, 1.54) is 7.11 Å². The molecule has 0 N–H and O–H groups in total. The molecule has 2 aromatic rings. The molecule has 0 bridgehead atoms. The highest BCUT2D eigenvalue weighted by atomic mass is 16.6. The molecule has 160 valence electrons. The number of carbonyl (C=O) groups is 1. The molecule has 30 heavy (non-hydrogen) atoms. The van der Waals surface area contributed by atoms with Crippen molar-refractivity contribution in [3.8, 4) is 0 Å². The van der Waals surface area contributed by atoms with Crippen LogP contribution in [0, 0.1) is 5.92 Å². The lowest BCUT2D eigenvalue weighted by Gasteiger charge is -2.39. The van der Waals surface area contributed by atoms with Crippen LogP contribution in [0.3, 0.4) is 0 Å². The van der Waals surface area contributed by atoms with E-state index >= 15 is 0 Å². The Labute approximate surface area is 178 Å². The molecule has 5 heteroatoms. The minimum atomic E-state index is -0.849. The molecule has 2 aromatic carbocycles. The third-order valence-electron chi connectivity index (χ3n) is 4.94. The van der Waals surface area contributed by atoms with E-state index in [0.29, 0.717) is 19.1 Å². The zero-order valence-electron chi connectivity index (χ0n) is 17.8. The maximum absolute atomic E-state index is 12.6. The van der Waals surface area contributed by atoms with Crippen molar-refractivity contribution in [2.24, 2.45) is 5.92 Å². The highest BCUT2D eigenvalue weighted by Gasteiger charge is 2.47. The average Bonchev–Trinajstić information content (AvgIpc) is 2.76. The Morgan fingerprint density at radius 3 is 1.93 bits per heavy atom. The summed E-state index contributed by atoms with van der Waals surface area (Å²) in [5, 5.41) is 0. The van der Waals surface area contributed by atoms with Crippen LogP contribution in [0.15, 0.2) is 72.8 Å². The fraction of sp³-hybridized carbons (Fsp3) is 0.400. The third-order valence-corrected chi connectivity index (χ3v) is 4.94. The number of cyclic esters (lactones) is 1. The molecule has 0 radical (unpaired) electrons. The molecular weight excluding hydrogens is 380 g/mol. The first-order chi connectivity index (χ1) is 14.6. The first-order valence-electron chi connectivity index (χ1n) is 10.3. The second-order valence-electron chi connectivity index (χ2n) is 7.71. The number of methoxy groups -OCH3 is 1. The monoisotopic (exact) mass is 410 g/mol. The first-order valence-corrected chi connectivity index (χ1v) is 10.3. The minimum absolute atomic E-state index is 0.322. The van der Waals surface area contributed by atoms with E-state index in [2.05, 4.69) is 13.8 Å². The molecule has 1 aliphatic rings. The van der Waals surface area contributed by atoms with Crippen molar-refractivity contribution < 1.29 is 23.7 Å². The van der Waals surface area contributed by atoms with E-state index in [4.69, 9.17) is 18.9 Å². The Kier molecular flexibility index (Phi) is 8.20. The van der Waals surface area contributed by atoms with E-state index in [-0.39, 0.29) is 0 Å². The quantitative estimate of drug-likeness (QED) is 0.455. The average molecular weight is 411 g/mol. The summed E-state index contributed by atoms with van der Waals surface area (Å²) < 4.78 is 23.6. The summed E-state index contributed by atoms with van der Waals surface area (Å²) in [6.07, 6.45) is 1.42. The molecule has 0 amide bonds. The molecule has 1 heterocycles. The van der Waals surface area contributed by atoms with E-state index in [1.807, 2.05) is 72.8 Å². The summed E-state index contributed by atoms with van der Waals surface area (Å²) in [5.74, 6) is -0.115. The highest BCUT2D eigenvalue weighted by molar-refractivity contribution is 5.77. The van der Waals surface area contributed by atoms with Gasteiger partial charge in [-0.25, -0.2) is 4.79 Å². The van der Waals surface area contributed by atoms with Crippen LogP contribution in [0.25, 0.3) is 0 Å². The van der Waals surface area contributed by atoms with Gasteiger partial charge in [-0.2, -0.15) is 0 Å². The lowest BCUT2D eigenvalue weighted by Crippen LogP contribution is -2.57. The lowest BCUT2D eigenvalue weighted by molar-refractivity contribution is -0.221. The van der Waals surface area contributed by atoms with Crippen LogP contribution < -0.4 is 0 Å². The number of esters is 1. The molecule has 0 aromatic heterocycles. The Bertz CT molecular complexity index is 803. The van der Waals surface area contributed by atoms with Gasteiger partial charge in [0, 0.05) is 7.11 Å². The van der Waals surface area contributed by atoms with E-state index in [9.17, 15) is 4.79 Å². The van der Waals surface area contributed by atoms with Crippen molar-refractivity contribution in [3.05, 3.63) is 83.9 Å². The van der Waals surface area contributed by atoms with Crippen LogP contribution in [0.5, 0.6) is 0 Å². The molecule has 5 nitrogen and oxygen atoms in total. The molecule has 0 aliphatic carbocycles. The zero-order valence-corrected chi connectivity index (χ0v) is 17.8. The second kappa shape index (κ2) is 11.1. The summed E-state index contributed by atoms with van der Waals surface area (Å²) in [5.41, 5.74) is 2.05. The van der Waals surface area contributed by atoms with Crippen molar-refractivity contribution in [1.29, 1.82) is 0 Å². The van der Waals surface area contributed by atoms with E-state index < -0.39 is 30.4 Å². The van der Waals surface area contributed by atoms with Crippen molar-refractivity contribution in [2.75, 3.05) is 7.11 Å². The van der Waals surface area contributed by atoms with Gasteiger partial charge in [0.1, 0.15) is 18.3 Å². The number of hydrogen-bond donors (Lipinski definition) is 0. The van der Waals surface area contributed by atoms with Gasteiger partial charge in [0.25, 0.3) is 0 Å². The number of hydrogen-bond acceptors (Lipinski definition) is 5. The molecule has 1 fully saturated rings. The van der Waals surface area contributed by atoms with Crippen LogP contribution in [-0.4, -0.2) is 37.5 Å². The topological polar surface area (TPSA) is 54.0 Å². The summed E-state index contributed by atoms with van der Waals surface area (Å²) in [7, 11) is 1.49. The number of rotatable bonds is 9. The van der Waals surface area contributed by atoms with Gasteiger partial charge in [0.05, 0.1) is 13.2 Å². The molecule has 0 saturated carbocycles. The van der Waals surface area contributed by atoms with Crippen molar-refractivity contribution in [3.63, 3.8) is 0 Å². The van der Waals surface area contributed by atoms with Gasteiger partial charge in [-0.05, 0) is 23.1 Å². The van der Waals surface area contributed by atoms with E-state index in [1.54, 1.807) is 0 Å². The fourth-order valence-electron chi connectivity index (χ4n) is 3.38. The molecule has 1 saturated heterocycles. The molecule has 0 unspecified atom stereocenters. The van der Waals surface area contributed by atoms with Gasteiger partial charge in [-0.15, -0.1) is 0 Å². The molecule has 4 atom stereocenters. The SMILES string of the molecule is CO[C@H]1C(=O)O[C@H](/C=C\C(C)C)[C@H](OCc2ccccc2)[C@H]1OCc1ccccc1. The molecule has 0 spiro atoms. The Balaban J connectivity index is 1.82. The predicted molar refractivity (Wildman–Crippen MR) is 115 cm³/mol. The maximum atomic E-state index is 12.6. The lowest BCUT2D eigenvalue weighted by atomic mass is 9.97.